The lowest BCUT2D eigenvalue weighted by atomic mass is 10.0. The van der Waals surface area contributed by atoms with Crippen LogP contribution < -0.4 is 4.74 Å². The van der Waals surface area contributed by atoms with Crippen molar-refractivity contribution in [2.75, 3.05) is 19.4 Å². The lowest BCUT2D eigenvalue weighted by Crippen LogP contribution is -2.14. The zero-order valence-corrected chi connectivity index (χ0v) is 18.6. The molecule has 166 valence electrons. The van der Waals surface area contributed by atoms with Gasteiger partial charge in [0.25, 0.3) is 0 Å². The molecule has 2 rings (SSSR count). The highest BCUT2D eigenvalue weighted by Crippen LogP contribution is 2.33. The van der Waals surface area contributed by atoms with Crippen molar-refractivity contribution >= 4 is 26.8 Å². The first kappa shape index (κ1) is 27.9. The maximum atomic E-state index is 12.0. The number of ketones is 2. The molecule has 11 heteroatoms. The zero-order valence-electron chi connectivity index (χ0n) is 16.8. The molecule has 0 heterocycles. The van der Waals surface area contributed by atoms with Gasteiger partial charge in [-0.1, -0.05) is 44.2 Å². The summed E-state index contributed by atoms with van der Waals surface area (Å²) in [5.41, 5.74) is 0.767. The summed E-state index contributed by atoms with van der Waals surface area (Å²) in [4.78, 5) is 55.6. The van der Waals surface area contributed by atoms with Gasteiger partial charge in [-0.15, -0.1) is 0 Å². The number of Topliss-reactive ketones (excluding diaryl/α,β-unsaturated/α-hetero) is 2. The predicted octanol–water partition coefficient (Wildman–Crippen LogP) is 3.13. The molecule has 30 heavy (non-hydrogen) atoms. The van der Waals surface area contributed by atoms with Crippen LogP contribution in [0, 0.1) is 0 Å². The van der Waals surface area contributed by atoms with Gasteiger partial charge in [-0.2, -0.15) is 0 Å². The van der Waals surface area contributed by atoms with E-state index >= 15 is 0 Å². The number of hydrogen-bond acceptors (Lipinski definition) is 5. The fourth-order valence-electron chi connectivity index (χ4n) is 1.59. The molecule has 0 bridgehead atoms. The van der Waals surface area contributed by atoms with Crippen LogP contribution in [0.3, 0.4) is 0 Å². The molecule has 9 nitrogen and oxygen atoms in total. The van der Waals surface area contributed by atoms with E-state index in [9.17, 15) is 18.7 Å². The lowest BCUT2D eigenvalue weighted by Gasteiger charge is -2.02. The predicted molar refractivity (Wildman–Crippen MR) is 113 cm³/mol. The number of carbonyl (C=O) groups is 2. The highest BCUT2D eigenvalue weighted by Gasteiger charge is 2.17. The van der Waals surface area contributed by atoms with Gasteiger partial charge < -0.3 is 24.3 Å². The topological polar surface area (TPSA) is 158 Å². The summed E-state index contributed by atoms with van der Waals surface area (Å²) in [7, 11) is -5.75. The molecule has 0 aliphatic carbocycles. The van der Waals surface area contributed by atoms with E-state index in [1.54, 1.807) is 61.7 Å². The summed E-state index contributed by atoms with van der Waals surface area (Å²) in [5, 5.41) is 0. The van der Waals surface area contributed by atoms with Crippen molar-refractivity contribution in [3.63, 3.8) is 0 Å². The molecule has 0 fully saturated rings. The number of ether oxygens (including phenoxy) is 1. The molecule has 0 saturated heterocycles. The van der Waals surface area contributed by atoms with Crippen molar-refractivity contribution in [3.8, 4) is 5.75 Å². The second kappa shape index (κ2) is 13.2. The average Bonchev–Trinajstić information content (AvgIpc) is 2.73. The van der Waals surface area contributed by atoms with Crippen molar-refractivity contribution in [2.24, 2.45) is 0 Å². The van der Waals surface area contributed by atoms with Crippen LogP contribution in [0.1, 0.15) is 34.6 Å². The largest absolute Gasteiger partial charge is 0.497 e. The highest BCUT2D eigenvalue weighted by atomic mass is 31.2. The second-order valence-electron chi connectivity index (χ2n) is 5.71. The maximum absolute atomic E-state index is 12.0. The summed E-state index contributed by atoms with van der Waals surface area (Å²) >= 11 is 0. The molecular formula is C19H26O9P2. The first-order valence-electron chi connectivity index (χ1n) is 8.71. The van der Waals surface area contributed by atoms with E-state index in [0.717, 1.165) is 0 Å². The van der Waals surface area contributed by atoms with E-state index in [4.69, 9.17) is 24.3 Å². The molecule has 0 atom stereocenters. The Bertz CT molecular complexity index is 862. The fraction of sp³-hybridized carbons (Fsp3) is 0.263. The third kappa shape index (κ3) is 12.4. The number of rotatable bonds is 6. The van der Waals surface area contributed by atoms with Gasteiger partial charge in [0.2, 0.25) is 11.6 Å². The summed E-state index contributed by atoms with van der Waals surface area (Å²) in [5.74, 6) is -0.358. The Morgan fingerprint density at radius 3 is 1.37 bits per heavy atom. The van der Waals surface area contributed by atoms with Gasteiger partial charge in [-0.05, 0) is 24.3 Å². The number of methoxy groups -OCH3 is 1. The normalized spacial score (nSPS) is 10.6. The Morgan fingerprint density at radius 1 is 0.733 bits per heavy atom. The zero-order chi connectivity index (χ0) is 23.4. The summed E-state index contributed by atoms with van der Waals surface area (Å²) < 4.78 is 24.4. The van der Waals surface area contributed by atoms with E-state index in [1.807, 2.05) is 0 Å². The van der Waals surface area contributed by atoms with Crippen LogP contribution in [0.5, 0.6) is 5.75 Å². The summed E-state index contributed by atoms with van der Waals surface area (Å²) in [6.07, 6.45) is -0.125. The van der Waals surface area contributed by atoms with Gasteiger partial charge >= 0.3 is 15.2 Å². The molecule has 0 unspecified atom stereocenters. The first-order chi connectivity index (χ1) is 13.8. The second-order valence-corrected chi connectivity index (χ2v) is 9.64. The Kier molecular flexibility index (Phi) is 12.3. The molecule has 0 amide bonds. The molecule has 4 N–H and O–H groups in total. The minimum absolute atomic E-state index is 0.0625. The van der Waals surface area contributed by atoms with Gasteiger partial charge in [0.1, 0.15) is 5.75 Å². The standard InChI is InChI=1S/C15H12O3.2C2H7O3P/c1-18-13-9-7-12(8-10-13)15(17)14(16)11-5-3-2-4-6-11;2*1-2-6(3,4)5/h2-10H,1H3;2*2H2,1H3,(H2,3,4,5). The molecular weight excluding hydrogens is 434 g/mol. The minimum atomic E-state index is -3.65. The monoisotopic (exact) mass is 460 g/mol. The Balaban J connectivity index is 0.000000580. The third-order valence-electron chi connectivity index (χ3n) is 3.42. The Morgan fingerprint density at radius 2 is 1.07 bits per heavy atom. The minimum Gasteiger partial charge on any atom is -0.497 e. The van der Waals surface area contributed by atoms with Crippen LogP contribution in [-0.4, -0.2) is 50.6 Å². The fourth-order valence-corrected chi connectivity index (χ4v) is 1.59. The van der Waals surface area contributed by atoms with Crippen molar-refractivity contribution < 1.29 is 43.0 Å². The summed E-state index contributed by atoms with van der Waals surface area (Å²) in [6.45, 7) is 2.89. The van der Waals surface area contributed by atoms with Crippen molar-refractivity contribution in [3.05, 3.63) is 65.7 Å². The maximum Gasteiger partial charge on any atom is 0.325 e. The Labute approximate surface area is 175 Å². The molecule has 0 radical (unpaired) electrons. The average molecular weight is 460 g/mol. The van der Waals surface area contributed by atoms with E-state index in [2.05, 4.69) is 0 Å². The van der Waals surface area contributed by atoms with Crippen LogP contribution in [0.25, 0.3) is 0 Å². The molecule has 0 saturated carbocycles. The van der Waals surface area contributed by atoms with E-state index in [0.29, 0.717) is 16.9 Å². The quantitative estimate of drug-likeness (QED) is 0.289. The van der Waals surface area contributed by atoms with Gasteiger partial charge in [0.05, 0.1) is 7.11 Å². The van der Waals surface area contributed by atoms with Crippen LogP contribution in [0.2, 0.25) is 0 Å². The number of benzene rings is 2. The van der Waals surface area contributed by atoms with Gasteiger partial charge in [-0.25, -0.2) is 0 Å². The van der Waals surface area contributed by atoms with Crippen LogP contribution in [-0.2, 0) is 9.13 Å². The lowest BCUT2D eigenvalue weighted by molar-refractivity contribution is 0.0817. The van der Waals surface area contributed by atoms with E-state index in [1.165, 1.54) is 13.8 Å². The van der Waals surface area contributed by atoms with E-state index < -0.39 is 26.8 Å². The van der Waals surface area contributed by atoms with Gasteiger partial charge in [0, 0.05) is 23.5 Å². The summed E-state index contributed by atoms with van der Waals surface area (Å²) in [6, 6.07) is 15.0. The highest BCUT2D eigenvalue weighted by molar-refractivity contribution is 7.51. The molecule has 2 aromatic rings. The van der Waals surface area contributed by atoms with Crippen molar-refractivity contribution in [2.45, 2.75) is 13.8 Å². The Hall–Kier alpha value is -2.12. The molecule has 0 aliphatic heterocycles. The molecule has 0 spiro atoms. The molecule has 0 aromatic heterocycles. The smallest absolute Gasteiger partial charge is 0.325 e. The van der Waals surface area contributed by atoms with E-state index in [-0.39, 0.29) is 12.3 Å². The van der Waals surface area contributed by atoms with Gasteiger partial charge in [-0.3, -0.25) is 18.7 Å². The third-order valence-corrected chi connectivity index (χ3v) is 5.07. The van der Waals surface area contributed by atoms with Crippen molar-refractivity contribution in [1.29, 1.82) is 0 Å². The number of hydrogen-bond donors (Lipinski definition) is 4. The van der Waals surface area contributed by atoms with Crippen molar-refractivity contribution in [1.82, 2.24) is 0 Å². The van der Waals surface area contributed by atoms with Crippen LogP contribution in [0.15, 0.2) is 54.6 Å². The van der Waals surface area contributed by atoms with Crippen LogP contribution in [0.4, 0.5) is 0 Å². The SMILES string of the molecule is CCP(=O)(O)O.CCP(=O)(O)O.COc1ccc(C(=O)C(=O)c2ccccc2)cc1. The molecule has 0 aliphatic rings. The van der Waals surface area contributed by atoms with Crippen LogP contribution >= 0.6 is 15.2 Å². The molecule has 2 aromatic carbocycles. The number of carbonyl (C=O) groups excluding carboxylic acids is 2. The first-order valence-corrected chi connectivity index (χ1v) is 12.3. The van der Waals surface area contributed by atoms with Gasteiger partial charge in [0.15, 0.2) is 0 Å².